The van der Waals surface area contributed by atoms with Crippen molar-refractivity contribution in [1.29, 1.82) is 0 Å². The first-order valence-electron chi connectivity index (χ1n) is 8.41. The highest BCUT2D eigenvalue weighted by Gasteiger charge is 2.20. The van der Waals surface area contributed by atoms with Crippen molar-refractivity contribution in [3.8, 4) is 5.75 Å². The molecule has 3 rings (SSSR count). The Morgan fingerprint density at radius 2 is 1.86 bits per heavy atom. The molecule has 1 aliphatic carbocycles. The van der Waals surface area contributed by atoms with E-state index in [4.69, 9.17) is 4.74 Å². The lowest BCUT2D eigenvalue weighted by Gasteiger charge is -2.29. The van der Waals surface area contributed by atoms with Crippen LogP contribution in [0.15, 0.2) is 6.07 Å². The maximum atomic E-state index is 5.70. The lowest BCUT2D eigenvalue weighted by molar-refractivity contribution is 0.243. The van der Waals surface area contributed by atoms with Crippen molar-refractivity contribution < 1.29 is 4.74 Å². The number of fused-ring (bicyclic) bond motifs is 1. The fourth-order valence-corrected chi connectivity index (χ4v) is 3.85. The Morgan fingerprint density at radius 1 is 1.14 bits per heavy atom. The molecule has 0 saturated carbocycles. The zero-order valence-corrected chi connectivity index (χ0v) is 13.5. The fourth-order valence-electron chi connectivity index (χ4n) is 3.85. The van der Waals surface area contributed by atoms with E-state index < -0.39 is 0 Å². The second kappa shape index (κ2) is 6.80. The summed E-state index contributed by atoms with van der Waals surface area (Å²) in [5.74, 6) is 1.11. The molecule has 0 atom stereocenters. The molecule has 0 spiro atoms. The normalized spacial score (nSPS) is 19.3. The highest BCUT2D eigenvalue weighted by Crippen LogP contribution is 2.34. The molecule has 0 amide bonds. The Morgan fingerprint density at radius 3 is 2.57 bits per heavy atom. The Kier molecular flexibility index (Phi) is 4.81. The van der Waals surface area contributed by atoms with Gasteiger partial charge in [-0.05, 0) is 67.3 Å². The first kappa shape index (κ1) is 14.9. The average molecular weight is 288 g/mol. The van der Waals surface area contributed by atoms with Crippen molar-refractivity contribution in [3.63, 3.8) is 0 Å². The van der Waals surface area contributed by atoms with Crippen LogP contribution in [0, 0.1) is 6.92 Å². The number of benzene rings is 1. The molecule has 116 valence electrons. The summed E-state index contributed by atoms with van der Waals surface area (Å²) in [5, 5.41) is 3.43. The van der Waals surface area contributed by atoms with Crippen molar-refractivity contribution >= 4 is 0 Å². The molecule has 1 aromatic rings. The Balaban J connectivity index is 1.81. The molecule has 1 aromatic carbocycles. The van der Waals surface area contributed by atoms with Gasteiger partial charge in [-0.3, -0.25) is 0 Å². The Bertz CT molecular complexity index is 492. The second-order valence-electron chi connectivity index (χ2n) is 6.38. The molecule has 21 heavy (non-hydrogen) atoms. The molecule has 1 fully saturated rings. The molecule has 1 aliphatic heterocycles. The van der Waals surface area contributed by atoms with E-state index in [0.717, 1.165) is 31.8 Å². The van der Waals surface area contributed by atoms with Gasteiger partial charge in [-0.15, -0.1) is 0 Å². The van der Waals surface area contributed by atoms with Crippen molar-refractivity contribution in [2.45, 2.75) is 39.0 Å². The number of hydrogen-bond donors (Lipinski definition) is 1. The SMILES string of the molecule is COc1cc(C)c2c(c1CCN1CCNCC1)CCCC2. The maximum absolute atomic E-state index is 5.70. The van der Waals surface area contributed by atoms with Crippen LogP contribution in [0.3, 0.4) is 0 Å². The van der Waals surface area contributed by atoms with Crippen LogP contribution in [0.4, 0.5) is 0 Å². The average Bonchev–Trinajstić information content (AvgIpc) is 2.55. The summed E-state index contributed by atoms with van der Waals surface area (Å²) in [6, 6.07) is 2.26. The minimum absolute atomic E-state index is 1.11. The summed E-state index contributed by atoms with van der Waals surface area (Å²) in [4.78, 5) is 2.57. The zero-order chi connectivity index (χ0) is 14.7. The van der Waals surface area contributed by atoms with E-state index in [1.807, 2.05) is 7.11 Å². The molecule has 3 heteroatoms. The third-order valence-corrected chi connectivity index (χ3v) is 5.06. The van der Waals surface area contributed by atoms with Gasteiger partial charge in [-0.1, -0.05) is 0 Å². The summed E-state index contributed by atoms with van der Waals surface area (Å²) < 4.78 is 5.70. The predicted molar refractivity (Wildman–Crippen MR) is 87.4 cm³/mol. The van der Waals surface area contributed by atoms with Gasteiger partial charge in [0.2, 0.25) is 0 Å². The molecule has 0 bridgehead atoms. The second-order valence-corrected chi connectivity index (χ2v) is 6.38. The standard InChI is InChI=1S/C18H28N2O/c1-14-13-18(21-2)17(16-6-4-3-5-15(14)16)7-10-20-11-8-19-9-12-20/h13,19H,3-12H2,1-2H3. The van der Waals surface area contributed by atoms with Crippen LogP contribution in [0.25, 0.3) is 0 Å². The number of hydrogen-bond acceptors (Lipinski definition) is 3. The van der Waals surface area contributed by atoms with Crippen LogP contribution in [-0.2, 0) is 19.3 Å². The zero-order valence-electron chi connectivity index (χ0n) is 13.5. The number of ether oxygens (including phenoxy) is 1. The van der Waals surface area contributed by atoms with Crippen LogP contribution in [0.1, 0.15) is 35.1 Å². The van der Waals surface area contributed by atoms with Gasteiger partial charge in [0.25, 0.3) is 0 Å². The van der Waals surface area contributed by atoms with Crippen molar-refractivity contribution in [2.75, 3.05) is 39.8 Å². The van der Waals surface area contributed by atoms with Gasteiger partial charge in [0.15, 0.2) is 0 Å². The summed E-state index contributed by atoms with van der Waals surface area (Å²) in [6.07, 6.45) is 6.31. The number of nitrogens with zero attached hydrogens (tertiary/aromatic N) is 1. The fraction of sp³-hybridized carbons (Fsp3) is 0.667. The van der Waals surface area contributed by atoms with Crippen LogP contribution in [0.5, 0.6) is 5.75 Å². The van der Waals surface area contributed by atoms with Crippen molar-refractivity contribution in [2.24, 2.45) is 0 Å². The van der Waals surface area contributed by atoms with Gasteiger partial charge in [-0.2, -0.15) is 0 Å². The van der Waals surface area contributed by atoms with Crippen LogP contribution in [0.2, 0.25) is 0 Å². The largest absolute Gasteiger partial charge is 0.496 e. The molecule has 1 N–H and O–H groups in total. The number of piperazine rings is 1. The van der Waals surface area contributed by atoms with Gasteiger partial charge in [-0.25, -0.2) is 0 Å². The smallest absolute Gasteiger partial charge is 0.122 e. The van der Waals surface area contributed by atoms with E-state index in [2.05, 4.69) is 23.2 Å². The molecule has 0 unspecified atom stereocenters. The molecule has 0 aromatic heterocycles. The third-order valence-electron chi connectivity index (χ3n) is 5.06. The summed E-state index contributed by atoms with van der Waals surface area (Å²) in [6.45, 7) is 8.01. The van der Waals surface area contributed by atoms with Crippen LogP contribution < -0.4 is 10.1 Å². The Labute approximate surface area is 128 Å². The minimum atomic E-state index is 1.11. The predicted octanol–water partition coefficient (Wildman–Crippen LogP) is 2.33. The lowest BCUT2D eigenvalue weighted by atomic mass is 9.84. The molecule has 0 radical (unpaired) electrons. The van der Waals surface area contributed by atoms with E-state index in [0.29, 0.717) is 0 Å². The van der Waals surface area contributed by atoms with Gasteiger partial charge in [0.1, 0.15) is 5.75 Å². The third kappa shape index (κ3) is 3.24. The molecule has 2 aliphatic rings. The molecular formula is C18H28N2O. The summed E-state index contributed by atoms with van der Waals surface area (Å²) >= 11 is 0. The monoisotopic (exact) mass is 288 g/mol. The molecule has 1 saturated heterocycles. The van der Waals surface area contributed by atoms with E-state index in [-0.39, 0.29) is 0 Å². The van der Waals surface area contributed by atoms with Crippen LogP contribution >= 0.6 is 0 Å². The van der Waals surface area contributed by atoms with Gasteiger partial charge < -0.3 is 15.0 Å². The van der Waals surface area contributed by atoms with Gasteiger partial charge in [0.05, 0.1) is 7.11 Å². The highest BCUT2D eigenvalue weighted by molar-refractivity contribution is 5.50. The van der Waals surface area contributed by atoms with Gasteiger partial charge >= 0.3 is 0 Å². The number of rotatable bonds is 4. The molecular weight excluding hydrogens is 260 g/mol. The van der Waals surface area contributed by atoms with Crippen LogP contribution in [-0.4, -0.2) is 44.7 Å². The Hall–Kier alpha value is -1.06. The van der Waals surface area contributed by atoms with E-state index in [9.17, 15) is 0 Å². The minimum Gasteiger partial charge on any atom is -0.496 e. The molecule has 3 nitrogen and oxygen atoms in total. The summed E-state index contributed by atoms with van der Waals surface area (Å²) in [7, 11) is 1.82. The molecule has 1 heterocycles. The van der Waals surface area contributed by atoms with E-state index in [1.165, 1.54) is 49.9 Å². The number of methoxy groups -OCH3 is 1. The summed E-state index contributed by atoms with van der Waals surface area (Å²) in [5.41, 5.74) is 6.12. The van der Waals surface area contributed by atoms with Crippen molar-refractivity contribution in [3.05, 3.63) is 28.3 Å². The maximum Gasteiger partial charge on any atom is 0.122 e. The topological polar surface area (TPSA) is 24.5 Å². The van der Waals surface area contributed by atoms with Crippen molar-refractivity contribution in [1.82, 2.24) is 10.2 Å². The van der Waals surface area contributed by atoms with E-state index >= 15 is 0 Å². The number of aryl methyl sites for hydroxylation is 1. The lowest BCUT2D eigenvalue weighted by Crippen LogP contribution is -2.44. The van der Waals surface area contributed by atoms with E-state index in [1.54, 1.807) is 11.1 Å². The first-order valence-corrected chi connectivity index (χ1v) is 8.41. The first-order chi connectivity index (χ1) is 10.3. The number of nitrogens with one attached hydrogen (secondary N) is 1. The highest BCUT2D eigenvalue weighted by atomic mass is 16.5. The van der Waals surface area contributed by atoms with Gasteiger partial charge in [0, 0.05) is 32.7 Å². The quantitative estimate of drug-likeness (QED) is 0.920.